The molecule has 0 bridgehead atoms. The molecule has 1 amide bonds. The first-order valence-corrected chi connectivity index (χ1v) is 10.9. The number of carbonyl (C=O) groups is 1. The zero-order valence-electron chi connectivity index (χ0n) is 18.3. The summed E-state index contributed by atoms with van der Waals surface area (Å²) in [7, 11) is 0. The van der Waals surface area contributed by atoms with Crippen molar-refractivity contribution in [3.8, 4) is 11.5 Å². The van der Waals surface area contributed by atoms with Gasteiger partial charge in [0.2, 0.25) is 0 Å². The third-order valence-corrected chi connectivity index (χ3v) is 5.92. The first kappa shape index (κ1) is 20.1. The highest BCUT2D eigenvalue weighted by atomic mass is 16.2. The molecule has 1 aliphatic rings. The van der Waals surface area contributed by atoms with Crippen molar-refractivity contribution in [2.75, 3.05) is 31.1 Å². The number of pyridine rings is 1. The predicted molar refractivity (Wildman–Crippen MR) is 125 cm³/mol. The van der Waals surface area contributed by atoms with Crippen LogP contribution in [0.4, 0.5) is 5.82 Å². The van der Waals surface area contributed by atoms with Crippen LogP contribution in [0.3, 0.4) is 0 Å². The molecule has 162 valence electrons. The fraction of sp³-hybridized carbons (Fsp3) is 0.240. The average molecular weight is 427 g/mol. The Balaban J connectivity index is 1.47. The van der Waals surface area contributed by atoms with E-state index in [4.69, 9.17) is 5.10 Å². The van der Waals surface area contributed by atoms with E-state index in [1.807, 2.05) is 75.9 Å². The maximum Gasteiger partial charge on any atom is 0.259 e. The Bertz CT molecular complexity index is 1200. The van der Waals surface area contributed by atoms with Crippen LogP contribution in [0.2, 0.25) is 0 Å². The van der Waals surface area contributed by atoms with E-state index in [1.165, 1.54) is 5.56 Å². The molecule has 0 saturated carbocycles. The number of amides is 1. The Morgan fingerprint density at radius 3 is 2.25 bits per heavy atom. The van der Waals surface area contributed by atoms with Crippen LogP contribution in [0, 0.1) is 13.8 Å². The maximum absolute atomic E-state index is 13.7. The molecule has 0 spiro atoms. The molecule has 1 aliphatic heterocycles. The van der Waals surface area contributed by atoms with Crippen molar-refractivity contribution in [2.24, 2.45) is 0 Å². The first-order chi connectivity index (χ1) is 15.6. The van der Waals surface area contributed by atoms with Crippen LogP contribution in [0.5, 0.6) is 0 Å². The van der Waals surface area contributed by atoms with Crippen LogP contribution in [0.15, 0.2) is 73.2 Å². The monoisotopic (exact) mass is 426 g/mol. The lowest BCUT2D eigenvalue weighted by atomic mass is 10.1. The number of rotatable bonds is 4. The van der Waals surface area contributed by atoms with Crippen molar-refractivity contribution in [3.05, 3.63) is 90.0 Å². The molecule has 1 saturated heterocycles. The second kappa shape index (κ2) is 8.34. The Labute approximate surface area is 187 Å². The minimum Gasteiger partial charge on any atom is -0.353 e. The largest absolute Gasteiger partial charge is 0.353 e. The van der Waals surface area contributed by atoms with E-state index in [0.717, 1.165) is 36.1 Å². The lowest BCUT2D eigenvalue weighted by molar-refractivity contribution is 0.0746. The van der Waals surface area contributed by atoms with Gasteiger partial charge >= 0.3 is 0 Å². The van der Waals surface area contributed by atoms with Crippen LogP contribution >= 0.6 is 0 Å². The number of aromatic nitrogens is 4. The molecule has 5 rings (SSSR count). The number of piperazine rings is 1. The summed E-state index contributed by atoms with van der Waals surface area (Å²) in [4.78, 5) is 22.3. The molecule has 3 aromatic heterocycles. The van der Waals surface area contributed by atoms with Gasteiger partial charge in [-0.3, -0.25) is 4.79 Å². The van der Waals surface area contributed by atoms with Gasteiger partial charge in [-0.1, -0.05) is 23.8 Å². The number of carbonyl (C=O) groups excluding carboxylic acids is 1. The second-order valence-electron chi connectivity index (χ2n) is 8.09. The van der Waals surface area contributed by atoms with Gasteiger partial charge in [0.1, 0.15) is 11.4 Å². The van der Waals surface area contributed by atoms with Crippen molar-refractivity contribution < 1.29 is 4.79 Å². The van der Waals surface area contributed by atoms with Gasteiger partial charge in [0.25, 0.3) is 5.91 Å². The zero-order chi connectivity index (χ0) is 22.1. The molecule has 0 radical (unpaired) electrons. The van der Waals surface area contributed by atoms with Crippen LogP contribution in [0.1, 0.15) is 21.6 Å². The molecule has 0 N–H and O–H groups in total. The fourth-order valence-corrected chi connectivity index (χ4v) is 4.18. The van der Waals surface area contributed by atoms with E-state index in [1.54, 1.807) is 6.20 Å². The lowest BCUT2D eigenvalue weighted by Crippen LogP contribution is -2.49. The van der Waals surface area contributed by atoms with Crippen LogP contribution < -0.4 is 4.90 Å². The second-order valence-corrected chi connectivity index (χ2v) is 8.09. The summed E-state index contributed by atoms with van der Waals surface area (Å²) in [6.45, 7) is 6.78. The summed E-state index contributed by atoms with van der Waals surface area (Å²) in [5.74, 6) is 1.75. The summed E-state index contributed by atoms with van der Waals surface area (Å²) in [5, 5.41) is 4.77. The van der Waals surface area contributed by atoms with Gasteiger partial charge in [0.15, 0.2) is 5.82 Å². The van der Waals surface area contributed by atoms with Gasteiger partial charge in [0, 0.05) is 44.8 Å². The Morgan fingerprint density at radius 1 is 0.875 bits per heavy atom. The highest BCUT2D eigenvalue weighted by Gasteiger charge is 2.29. The number of nitrogens with zero attached hydrogens (tertiary/aromatic N) is 6. The molecule has 1 fully saturated rings. The van der Waals surface area contributed by atoms with Crippen molar-refractivity contribution >= 4 is 11.7 Å². The van der Waals surface area contributed by atoms with Crippen molar-refractivity contribution in [1.82, 2.24) is 24.2 Å². The highest BCUT2D eigenvalue weighted by Crippen LogP contribution is 2.25. The Hall–Kier alpha value is -3.87. The molecule has 4 aromatic rings. The van der Waals surface area contributed by atoms with Gasteiger partial charge in [0.05, 0.1) is 11.4 Å². The molecule has 1 aromatic carbocycles. The van der Waals surface area contributed by atoms with Gasteiger partial charge in [-0.05, 0) is 50.2 Å². The third kappa shape index (κ3) is 3.66. The van der Waals surface area contributed by atoms with Crippen LogP contribution in [0.25, 0.3) is 11.5 Å². The molecule has 7 nitrogen and oxygen atoms in total. The number of benzene rings is 1. The zero-order valence-corrected chi connectivity index (χ0v) is 18.3. The summed E-state index contributed by atoms with van der Waals surface area (Å²) in [5.41, 5.74) is 3.49. The van der Waals surface area contributed by atoms with Crippen LogP contribution in [-0.4, -0.2) is 56.3 Å². The van der Waals surface area contributed by atoms with E-state index < -0.39 is 0 Å². The van der Waals surface area contributed by atoms with Crippen LogP contribution in [-0.2, 0) is 0 Å². The maximum atomic E-state index is 13.7. The minimum atomic E-state index is 0.0187. The highest BCUT2D eigenvalue weighted by molar-refractivity contribution is 5.98. The molecule has 0 aliphatic carbocycles. The fourth-order valence-electron chi connectivity index (χ4n) is 4.18. The summed E-state index contributed by atoms with van der Waals surface area (Å²) in [6.07, 6.45) is 5.72. The van der Waals surface area contributed by atoms with E-state index in [9.17, 15) is 4.79 Å². The summed E-state index contributed by atoms with van der Waals surface area (Å²) in [6, 6.07) is 18.0. The predicted octanol–water partition coefficient (Wildman–Crippen LogP) is 3.64. The molecule has 0 atom stereocenters. The van der Waals surface area contributed by atoms with Crippen molar-refractivity contribution in [3.63, 3.8) is 0 Å². The van der Waals surface area contributed by atoms with E-state index in [2.05, 4.69) is 28.9 Å². The van der Waals surface area contributed by atoms with E-state index >= 15 is 0 Å². The van der Waals surface area contributed by atoms with Gasteiger partial charge in [-0.15, -0.1) is 0 Å². The Morgan fingerprint density at radius 2 is 1.59 bits per heavy atom. The lowest BCUT2D eigenvalue weighted by Gasteiger charge is -2.35. The van der Waals surface area contributed by atoms with Gasteiger partial charge in [-0.25, -0.2) is 9.67 Å². The molecule has 0 unspecified atom stereocenters. The molecule has 32 heavy (non-hydrogen) atoms. The third-order valence-electron chi connectivity index (χ3n) is 5.92. The topological polar surface area (TPSA) is 59.2 Å². The average Bonchev–Trinajstić information content (AvgIpc) is 3.47. The molecule has 7 heteroatoms. The summed E-state index contributed by atoms with van der Waals surface area (Å²) >= 11 is 0. The number of aryl methyl sites for hydroxylation is 2. The SMILES string of the molecule is Cc1ccc(-n2nc(C)c(C(=O)N3CCN(c4ccccn4)CC3)c2-n2cccc2)cc1. The molecule has 4 heterocycles. The number of hydrogen-bond acceptors (Lipinski definition) is 4. The number of anilines is 1. The number of hydrogen-bond donors (Lipinski definition) is 0. The minimum absolute atomic E-state index is 0.0187. The Kier molecular flexibility index (Phi) is 5.23. The van der Waals surface area contributed by atoms with Crippen molar-refractivity contribution in [2.45, 2.75) is 13.8 Å². The first-order valence-electron chi connectivity index (χ1n) is 10.9. The molecular weight excluding hydrogens is 400 g/mol. The standard InChI is InChI=1S/C25H26N6O/c1-19-8-10-21(11-9-19)31-24(29-13-5-6-14-29)23(20(2)27-31)25(32)30-17-15-28(16-18-30)22-7-3-4-12-26-22/h3-14H,15-18H2,1-2H3. The smallest absolute Gasteiger partial charge is 0.259 e. The van der Waals surface area contributed by atoms with E-state index in [0.29, 0.717) is 18.7 Å². The van der Waals surface area contributed by atoms with Gasteiger partial charge in [-0.2, -0.15) is 5.10 Å². The quantitative estimate of drug-likeness (QED) is 0.500. The normalized spacial score (nSPS) is 14.1. The molecular formula is C25H26N6O. The van der Waals surface area contributed by atoms with Crippen molar-refractivity contribution in [1.29, 1.82) is 0 Å². The van der Waals surface area contributed by atoms with E-state index in [-0.39, 0.29) is 5.91 Å². The summed E-state index contributed by atoms with van der Waals surface area (Å²) < 4.78 is 3.84. The van der Waals surface area contributed by atoms with Gasteiger partial charge < -0.3 is 14.4 Å².